The maximum absolute atomic E-state index is 11.7. The fourth-order valence-corrected chi connectivity index (χ4v) is 1.97. The molecule has 1 heterocycles. The second-order valence-corrected chi connectivity index (χ2v) is 4.98. The summed E-state index contributed by atoms with van der Waals surface area (Å²) in [5.74, 6) is -0.0613. The summed E-state index contributed by atoms with van der Waals surface area (Å²) >= 11 is 0. The maximum atomic E-state index is 11.7. The molecule has 0 unspecified atom stereocenters. The maximum Gasteiger partial charge on any atom is 0.315 e. The van der Waals surface area contributed by atoms with E-state index in [-0.39, 0.29) is 11.9 Å². The first-order valence-electron chi connectivity index (χ1n) is 7.45. The summed E-state index contributed by atoms with van der Waals surface area (Å²) < 4.78 is 0. The van der Waals surface area contributed by atoms with E-state index < -0.39 is 0 Å². The summed E-state index contributed by atoms with van der Waals surface area (Å²) in [4.78, 5) is 27.3. The number of urea groups is 1. The van der Waals surface area contributed by atoms with Crippen LogP contribution >= 0.6 is 0 Å². The number of carbonyl (C=O) groups is 2. The molecule has 3 amide bonds. The van der Waals surface area contributed by atoms with Crippen LogP contribution in [0.4, 0.5) is 4.79 Å². The molecule has 0 aliphatic rings. The molecule has 0 aliphatic carbocycles. The van der Waals surface area contributed by atoms with E-state index in [1.807, 2.05) is 42.5 Å². The van der Waals surface area contributed by atoms with E-state index >= 15 is 0 Å². The zero-order valence-electron chi connectivity index (χ0n) is 12.8. The van der Waals surface area contributed by atoms with E-state index in [1.54, 1.807) is 12.4 Å². The Balaban J connectivity index is 1.56. The predicted octanol–water partition coefficient (Wildman–Crippen LogP) is 1.24. The molecule has 0 bridgehead atoms. The smallest absolute Gasteiger partial charge is 0.315 e. The highest BCUT2D eigenvalue weighted by molar-refractivity contribution is 5.78. The highest BCUT2D eigenvalue weighted by atomic mass is 16.2. The summed E-state index contributed by atoms with van der Waals surface area (Å²) in [6, 6.07) is 13.0. The summed E-state index contributed by atoms with van der Waals surface area (Å²) in [5.41, 5.74) is 1.89. The van der Waals surface area contributed by atoms with Gasteiger partial charge >= 0.3 is 6.03 Å². The van der Waals surface area contributed by atoms with Crippen molar-refractivity contribution in [2.75, 3.05) is 13.1 Å². The van der Waals surface area contributed by atoms with Gasteiger partial charge in [0.2, 0.25) is 5.91 Å². The van der Waals surface area contributed by atoms with Crippen molar-refractivity contribution in [2.24, 2.45) is 0 Å². The van der Waals surface area contributed by atoms with Crippen LogP contribution in [0.5, 0.6) is 0 Å². The number of hydrogen-bond acceptors (Lipinski definition) is 3. The van der Waals surface area contributed by atoms with Gasteiger partial charge in [0, 0.05) is 32.0 Å². The van der Waals surface area contributed by atoms with Gasteiger partial charge < -0.3 is 16.0 Å². The third-order valence-corrected chi connectivity index (χ3v) is 3.12. The number of nitrogens with one attached hydrogen (secondary N) is 3. The third-order valence-electron chi connectivity index (χ3n) is 3.12. The Morgan fingerprint density at radius 3 is 2.35 bits per heavy atom. The molecule has 0 aliphatic heterocycles. The number of nitrogens with zero attached hydrogens (tertiary/aromatic N) is 1. The molecule has 3 N–H and O–H groups in total. The molecule has 0 saturated carbocycles. The minimum atomic E-state index is -0.272. The van der Waals surface area contributed by atoms with Gasteiger partial charge in [0.25, 0.3) is 0 Å². The van der Waals surface area contributed by atoms with Crippen molar-refractivity contribution >= 4 is 11.9 Å². The van der Waals surface area contributed by atoms with Gasteiger partial charge in [0.15, 0.2) is 0 Å². The molecule has 1 aromatic carbocycles. The van der Waals surface area contributed by atoms with Crippen LogP contribution < -0.4 is 16.0 Å². The number of amides is 3. The van der Waals surface area contributed by atoms with Crippen molar-refractivity contribution in [3.05, 3.63) is 66.0 Å². The summed E-state index contributed by atoms with van der Waals surface area (Å²) in [6.07, 6.45) is 3.72. The molecule has 0 radical (unpaired) electrons. The lowest BCUT2D eigenvalue weighted by Gasteiger charge is -2.08. The van der Waals surface area contributed by atoms with Gasteiger partial charge in [-0.2, -0.15) is 0 Å². The summed E-state index contributed by atoms with van der Waals surface area (Å²) in [5, 5.41) is 8.18. The van der Waals surface area contributed by atoms with Gasteiger partial charge in [-0.15, -0.1) is 0 Å². The number of rotatable bonds is 7. The first kappa shape index (κ1) is 16.5. The average molecular weight is 312 g/mol. The van der Waals surface area contributed by atoms with E-state index in [0.717, 1.165) is 11.1 Å². The zero-order chi connectivity index (χ0) is 16.3. The number of hydrogen-bond donors (Lipinski definition) is 3. The van der Waals surface area contributed by atoms with E-state index in [4.69, 9.17) is 0 Å². The minimum Gasteiger partial charge on any atom is -0.354 e. The Morgan fingerprint density at radius 2 is 1.61 bits per heavy atom. The summed E-state index contributed by atoms with van der Waals surface area (Å²) in [7, 11) is 0. The SMILES string of the molecule is O=C(Cc1ccccc1)NCCNC(=O)NCc1cccnc1. The monoisotopic (exact) mass is 312 g/mol. The van der Waals surface area contributed by atoms with Gasteiger partial charge in [-0.25, -0.2) is 4.79 Å². The Kier molecular flexibility index (Phi) is 6.59. The van der Waals surface area contributed by atoms with Crippen molar-refractivity contribution in [3.63, 3.8) is 0 Å². The lowest BCUT2D eigenvalue weighted by molar-refractivity contribution is -0.120. The number of aromatic nitrogens is 1. The second-order valence-electron chi connectivity index (χ2n) is 4.98. The van der Waals surface area contributed by atoms with Crippen LogP contribution in [0.25, 0.3) is 0 Å². The molecule has 23 heavy (non-hydrogen) atoms. The lowest BCUT2D eigenvalue weighted by Crippen LogP contribution is -2.40. The van der Waals surface area contributed by atoms with Crippen LogP contribution in [0.15, 0.2) is 54.9 Å². The highest BCUT2D eigenvalue weighted by Crippen LogP contribution is 1.98. The highest BCUT2D eigenvalue weighted by Gasteiger charge is 2.03. The Morgan fingerprint density at radius 1 is 0.870 bits per heavy atom. The molecule has 1 aromatic heterocycles. The molecule has 6 nitrogen and oxygen atoms in total. The van der Waals surface area contributed by atoms with Crippen LogP contribution in [0.3, 0.4) is 0 Å². The predicted molar refractivity (Wildman–Crippen MR) is 87.6 cm³/mol. The molecule has 2 rings (SSSR count). The third kappa shape index (κ3) is 6.60. The van der Waals surface area contributed by atoms with Gasteiger partial charge in [-0.3, -0.25) is 9.78 Å². The normalized spacial score (nSPS) is 9.91. The average Bonchev–Trinajstić information content (AvgIpc) is 2.59. The molecule has 120 valence electrons. The zero-order valence-corrected chi connectivity index (χ0v) is 12.8. The Labute approximate surface area is 135 Å². The van der Waals surface area contributed by atoms with E-state index in [1.165, 1.54) is 0 Å². The quantitative estimate of drug-likeness (QED) is 0.673. The molecule has 0 atom stereocenters. The Hall–Kier alpha value is -2.89. The topological polar surface area (TPSA) is 83.1 Å². The van der Waals surface area contributed by atoms with E-state index in [2.05, 4.69) is 20.9 Å². The van der Waals surface area contributed by atoms with E-state index in [0.29, 0.717) is 26.1 Å². The van der Waals surface area contributed by atoms with Crippen molar-refractivity contribution < 1.29 is 9.59 Å². The standard InChI is InChI=1S/C17H20N4O2/c22-16(11-14-5-2-1-3-6-14)19-9-10-20-17(23)21-13-15-7-4-8-18-12-15/h1-8,12H,9-11,13H2,(H,19,22)(H2,20,21,23). The minimum absolute atomic E-state index is 0.0613. The van der Waals surface area contributed by atoms with Crippen LogP contribution in [0.1, 0.15) is 11.1 Å². The molecular weight excluding hydrogens is 292 g/mol. The molecule has 2 aromatic rings. The first-order chi connectivity index (χ1) is 11.2. The number of carbonyl (C=O) groups excluding carboxylic acids is 2. The molecule has 0 fully saturated rings. The largest absolute Gasteiger partial charge is 0.354 e. The molecule has 6 heteroatoms. The second kappa shape index (κ2) is 9.19. The molecule has 0 spiro atoms. The van der Waals surface area contributed by atoms with Crippen molar-refractivity contribution in [2.45, 2.75) is 13.0 Å². The number of benzene rings is 1. The van der Waals surface area contributed by atoms with Gasteiger partial charge in [0.05, 0.1) is 6.42 Å². The number of pyridine rings is 1. The molecular formula is C17H20N4O2. The van der Waals surface area contributed by atoms with Crippen LogP contribution in [0, 0.1) is 0 Å². The first-order valence-corrected chi connectivity index (χ1v) is 7.45. The Bertz CT molecular complexity index is 617. The van der Waals surface area contributed by atoms with Gasteiger partial charge in [-0.1, -0.05) is 36.4 Å². The van der Waals surface area contributed by atoms with Crippen molar-refractivity contribution in [3.8, 4) is 0 Å². The summed E-state index contributed by atoms with van der Waals surface area (Å²) in [6.45, 7) is 1.19. The van der Waals surface area contributed by atoms with Crippen LogP contribution in [-0.4, -0.2) is 30.0 Å². The van der Waals surface area contributed by atoms with E-state index in [9.17, 15) is 9.59 Å². The van der Waals surface area contributed by atoms with Crippen LogP contribution in [0.2, 0.25) is 0 Å². The fourth-order valence-electron chi connectivity index (χ4n) is 1.97. The fraction of sp³-hybridized carbons (Fsp3) is 0.235. The lowest BCUT2D eigenvalue weighted by atomic mass is 10.1. The molecule has 0 saturated heterocycles. The van der Waals surface area contributed by atoms with Gasteiger partial charge in [-0.05, 0) is 17.2 Å². The van der Waals surface area contributed by atoms with Crippen molar-refractivity contribution in [1.82, 2.24) is 20.9 Å². The van der Waals surface area contributed by atoms with Crippen LogP contribution in [-0.2, 0) is 17.8 Å². The van der Waals surface area contributed by atoms with Gasteiger partial charge in [0.1, 0.15) is 0 Å². The van der Waals surface area contributed by atoms with Crippen molar-refractivity contribution in [1.29, 1.82) is 0 Å².